The van der Waals surface area contributed by atoms with Gasteiger partial charge in [-0.3, -0.25) is 0 Å². The fraction of sp³-hybridized carbons (Fsp3) is 0.492. The van der Waals surface area contributed by atoms with Gasteiger partial charge in [0.25, 0.3) is 0 Å². The van der Waals surface area contributed by atoms with Gasteiger partial charge in [0.05, 0.1) is 0 Å². The van der Waals surface area contributed by atoms with E-state index in [4.69, 9.17) is 0 Å². The molecule has 0 N–H and O–H groups in total. The van der Waals surface area contributed by atoms with Crippen molar-refractivity contribution in [2.24, 2.45) is 0 Å². The number of benzene rings is 4. The standard InChI is InChI=1S/C17H22F2.C16H20F2.C15H16F4O.C15H18F2/c1-2-3-4-5-6-7-13-8-9-14-11-16(18)17(19)12-15(14)10-13;1-2-3-4-5-6-12-7-8-13-10-15(17)16(18)11-14(13)9-12;1-2-3-4-10-5-6-11-9-14(20-15(17,18)19)13(16)8-12(11)7-10;1-2-3-4-5-11-6-7-12-9-14(16)15(17)10-13(12)8-11/h10-12H,2-9H2,1H3;9-11H,2-8H2,1H3;7-9H,2-6H2,1H3;8-10H,2-7H2,1H3. The molecule has 8 rings (SSSR count). The van der Waals surface area contributed by atoms with E-state index in [0.29, 0.717) is 17.5 Å². The lowest BCUT2D eigenvalue weighted by Crippen LogP contribution is -2.18. The van der Waals surface area contributed by atoms with Crippen LogP contribution < -0.4 is 4.74 Å². The molecule has 0 unspecified atom stereocenters. The molecule has 0 bridgehead atoms. The Kier molecular flexibility index (Phi) is 24.6. The van der Waals surface area contributed by atoms with Gasteiger partial charge in [-0.25, -0.2) is 30.7 Å². The van der Waals surface area contributed by atoms with Gasteiger partial charge in [-0.1, -0.05) is 138 Å². The summed E-state index contributed by atoms with van der Waals surface area (Å²) in [6.07, 6.45) is 31.5. The predicted molar refractivity (Wildman–Crippen MR) is 283 cm³/mol. The molecule has 0 saturated heterocycles. The maximum absolute atomic E-state index is 13.6. The molecule has 0 radical (unpaired) electrons. The molecule has 74 heavy (non-hydrogen) atoms. The minimum Gasteiger partial charge on any atom is -0.403 e. The van der Waals surface area contributed by atoms with Gasteiger partial charge in [0.2, 0.25) is 0 Å². The van der Waals surface area contributed by atoms with E-state index >= 15 is 0 Å². The van der Waals surface area contributed by atoms with E-state index in [2.05, 4.69) is 38.5 Å². The summed E-state index contributed by atoms with van der Waals surface area (Å²) in [6, 6.07) is 10.3. The Morgan fingerprint density at radius 1 is 0.324 bits per heavy atom. The van der Waals surface area contributed by atoms with Crippen molar-refractivity contribution in [3.8, 4) is 5.75 Å². The number of ether oxygens (including phenoxy) is 1. The minimum absolute atomic E-state index is 0.624. The summed E-state index contributed by atoms with van der Waals surface area (Å²) < 4.78 is 133. The fourth-order valence-electron chi connectivity index (χ4n) is 9.91. The lowest BCUT2D eigenvalue weighted by molar-refractivity contribution is -0.275. The highest BCUT2D eigenvalue weighted by molar-refractivity contribution is 5.63. The highest BCUT2D eigenvalue weighted by Crippen LogP contribution is 2.35. The number of aryl methyl sites for hydroxylation is 4. The Morgan fingerprint density at radius 3 is 0.946 bits per heavy atom. The molecule has 1 nitrogen and oxygen atoms in total. The summed E-state index contributed by atoms with van der Waals surface area (Å²) in [4.78, 5) is 0. The van der Waals surface area contributed by atoms with E-state index in [1.54, 1.807) is 0 Å². The van der Waals surface area contributed by atoms with Gasteiger partial charge in [-0.2, -0.15) is 0 Å². The summed E-state index contributed by atoms with van der Waals surface area (Å²) in [6.45, 7) is 8.70. The summed E-state index contributed by atoms with van der Waals surface area (Å²) >= 11 is 0. The molecule has 404 valence electrons. The lowest BCUT2D eigenvalue weighted by Gasteiger charge is -2.18. The molecule has 4 aromatic rings. The summed E-state index contributed by atoms with van der Waals surface area (Å²) in [5.74, 6) is -6.13. The summed E-state index contributed by atoms with van der Waals surface area (Å²) in [7, 11) is 0. The highest BCUT2D eigenvalue weighted by Gasteiger charge is 2.33. The number of fused-ring (bicyclic) bond motifs is 4. The molecular weight excluding hydrogens is 963 g/mol. The average molecular weight is 1040 g/mol. The molecule has 0 aromatic heterocycles. The molecule has 0 spiro atoms. The van der Waals surface area contributed by atoms with Crippen molar-refractivity contribution < 1.29 is 48.6 Å². The zero-order valence-corrected chi connectivity index (χ0v) is 44.0. The van der Waals surface area contributed by atoms with Crippen molar-refractivity contribution in [2.75, 3.05) is 0 Å². The van der Waals surface area contributed by atoms with Crippen LogP contribution in [0.15, 0.2) is 70.8 Å². The smallest absolute Gasteiger partial charge is 0.403 e. The van der Waals surface area contributed by atoms with E-state index < -0.39 is 52.8 Å². The number of rotatable bonds is 19. The van der Waals surface area contributed by atoms with Crippen LogP contribution in [0.3, 0.4) is 0 Å². The molecular formula is C63H76F10O. The molecule has 4 aliphatic carbocycles. The van der Waals surface area contributed by atoms with Gasteiger partial charge < -0.3 is 4.74 Å². The van der Waals surface area contributed by atoms with E-state index in [1.807, 2.05) is 18.2 Å². The number of hydrogen-bond acceptors (Lipinski definition) is 1. The minimum atomic E-state index is -4.87. The normalized spacial score (nSPS) is 14.4. The van der Waals surface area contributed by atoms with Crippen molar-refractivity contribution in [2.45, 2.75) is 201 Å². The van der Waals surface area contributed by atoms with E-state index in [9.17, 15) is 43.9 Å². The second-order valence-corrected chi connectivity index (χ2v) is 20.2. The van der Waals surface area contributed by atoms with Gasteiger partial charge >= 0.3 is 6.36 Å². The Bertz CT molecular complexity index is 2560. The maximum atomic E-state index is 13.6. The van der Waals surface area contributed by atoms with Crippen LogP contribution in [0.25, 0.3) is 24.3 Å². The van der Waals surface area contributed by atoms with Crippen LogP contribution in [0.4, 0.5) is 43.9 Å². The number of unbranched alkanes of at least 4 members (excludes halogenated alkanes) is 10. The molecule has 4 aliphatic rings. The first-order valence-electron chi connectivity index (χ1n) is 27.3. The molecule has 0 aliphatic heterocycles. The van der Waals surface area contributed by atoms with Crippen molar-refractivity contribution in [1.29, 1.82) is 0 Å². The largest absolute Gasteiger partial charge is 0.573 e. The molecule has 0 saturated carbocycles. The molecule has 0 amide bonds. The zero-order chi connectivity index (χ0) is 53.6. The first-order chi connectivity index (χ1) is 35.5. The van der Waals surface area contributed by atoms with E-state index in [1.165, 1.54) is 136 Å². The summed E-state index contributed by atoms with van der Waals surface area (Å²) in [5.41, 5.74) is 12.1. The van der Waals surface area contributed by atoms with Crippen LogP contribution in [0, 0.1) is 40.7 Å². The van der Waals surface area contributed by atoms with Gasteiger partial charge in [0, 0.05) is 0 Å². The van der Waals surface area contributed by atoms with E-state index in [-0.39, 0.29) is 0 Å². The third-order valence-electron chi connectivity index (χ3n) is 14.2. The Morgan fingerprint density at radius 2 is 0.595 bits per heavy atom. The second kappa shape index (κ2) is 30.5. The van der Waals surface area contributed by atoms with Crippen molar-refractivity contribution >= 4 is 24.3 Å². The third kappa shape index (κ3) is 19.6. The van der Waals surface area contributed by atoms with Crippen LogP contribution in [0.2, 0.25) is 0 Å². The number of allylic oxidation sites excluding steroid dienone is 4. The first kappa shape index (κ1) is 59.8. The van der Waals surface area contributed by atoms with Crippen molar-refractivity contribution in [1.82, 2.24) is 0 Å². The summed E-state index contributed by atoms with van der Waals surface area (Å²) in [5, 5.41) is 0. The molecule has 0 fully saturated rings. The maximum Gasteiger partial charge on any atom is 0.573 e. The quantitative estimate of drug-likeness (QED) is 0.0672. The van der Waals surface area contributed by atoms with Crippen LogP contribution in [-0.4, -0.2) is 6.36 Å². The zero-order valence-electron chi connectivity index (χ0n) is 44.0. The molecule has 4 aromatic carbocycles. The van der Waals surface area contributed by atoms with Crippen molar-refractivity contribution in [3.05, 3.63) is 156 Å². The van der Waals surface area contributed by atoms with Gasteiger partial charge in [-0.15, -0.1) is 13.2 Å². The molecule has 0 atom stereocenters. The van der Waals surface area contributed by atoms with Gasteiger partial charge in [0.1, 0.15) is 0 Å². The number of halogens is 10. The monoisotopic (exact) mass is 1040 g/mol. The first-order valence-corrected chi connectivity index (χ1v) is 27.3. The SMILES string of the molecule is CCCCC1=Cc2cc(F)c(OC(F)(F)F)cc2CC1.CCCCCC1=Cc2cc(F)c(F)cc2CC1.CCCCCCC1=Cc2cc(F)c(F)cc2CC1.CCCCCCCC1=Cc2cc(F)c(F)cc2CC1. The van der Waals surface area contributed by atoms with Crippen LogP contribution in [0.5, 0.6) is 5.75 Å². The number of alkyl halides is 3. The molecule has 0 heterocycles. The third-order valence-corrected chi connectivity index (χ3v) is 14.2. The fourth-order valence-corrected chi connectivity index (χ4v) is 9.91. The Hall–Kier alpha value is -5.06. The van der Waals surface area contributed by atoms with Crippen LogP contribution in [-0.2, 0) is 25.7 Å². The van der Waals surface area contributed by atoms with Crippen molar-refractivity contribution in [3.63, 3.8) is 0 Å². The highest BCUT2D eigenvalue weighted by atomic mass is 19.4. The van der Waals surface area contributed by atoms with E-state index in [0.717, 1.165) is 129 Å². The second-order valence-electron chi connectivity index (χ2n) is 20.2. The van der Waals surface area contributed by atoms with Crippen LogP contribution >= 0.6 is 0 Å². The average Bonchev–Trinajstić information content (AvgIpc) is 3.36. The topological polar surface area (TPSA) is 9.23 Å². The van der Waals surface area contributed by atoms with Gasteiger partial charge in [-0.05, 0) is 196 Å². The lowest BCUT2D eigenvalue weighted by atomic mass is 9.89. The Labute approximate surface area is 434 Å². The molecule has 11 heteroatoms. The Balaban J connectivity index is 0.000000183. The number of hydrogen-bond donors (Lipinski definition) is 0. The van der Waals surface area contributed by atoms with Gasteiger partial charge in [0.15, 0.2) is 46.5 Å². The van der Waals surface area contributed by atoms with Crippen LogP contribution in [0.1, 0.15) is 213 Å². The predicted octanol–water partition coefficient (Wildman–Crippen LogP) is 21.0.